The molecule has 2 aromatic rings. The number of rotatable bonds is 3. The van der Waals surface area contributed by atoms with Crippen LogP contribution in [-0.2, 0) is 0 Å². The molecule has 96 valence electrons. The van der Waals surface area contributed by atoms with E-state index >= 15 is 0 Å². The van der Waals surface area contributed by atoms with E-state index in [0.29, 0.717) is 5.56 Å². The number of aryl methyl sites for hydroxylation is 1. The zero-order chi connectivity index (χ0) is 13.3. The molecule has 1 N–H and O–H groups in total. The number of alkyl halides is 2. The van der Waals surface area contributed by atoms with Crippen LogP contribution in [0, 0.1) is 6.92 Å². The van der Waals surface area contributed by atoms with Crippen molar-refractivity contribution in [2.45, 2.75) is 13.3 Å². The van der Waals surface area contributed by atoms with E-state index in [4.69, 9.17) is 4.74 Å². The fraction of sp³-hybridized carbons (Fsp3) is 0.273. The van der Waals surface area contributed by atoms with Crippen molar-refractivity contribution in [3.8, 4) is 5.75 Å². The molecule has 2 rings (SSSR count). The number of hydrogen-bond acceptors (Lipinski definition) is 4. The summed E-state index contributed by atoms with van der Waals surface area (Å²) in [5.74, 6) is -0.908. The van der Waals surface area contributed by atoms with Gasteiger partial charge in [-0.3, -0.25) is 4.98 Å². The molecule has 0 saturated carbocycles. The SMILES string of the molecule is Cc1ccc2[nH]c(=O)oc(=O)c2c1OCC(F)F. The average Bonchev–Trinajstić information content (AvgIpc) is 2.27. The first kappa shape index (κ1) is 12.3. The zero-order valence-electron chi connectivity index (χ0n) is 9.33. The number of halogens is 2. The highest BCUT2D eigenvalue weighted by molar-refractivity contribution is 5.85. The quantitative estimate of drug-likeness (QED) is 0.902. The molecule has 0 aliphatic carbocycles. The Morgan fingerprint density at radius 2 is 2.11 bits per heavy atom. The Balaban J connectivity index is 2.66. The number of aromatic amines is 1. The molecule has 0 unspecified atom stereocenters. The van der Waals surface area contributed by atoms with Crippen LogP contribution in [0.5, 0.6) is 5.75 Å². The van der Waals surface area contributed by atoms with Crippen LogP contribution in [0.2, 0.25) is 0 Å². The predicted octanol–water partition coefficient (Wildman–Crippen LogP) is 1.43. The Morgan fingerprint density at radius 1 is 1.39 bits per heavy atom. The summed E-state index contributed by atoms with van der Waals surface area (Å²) in [4.78, 5) is 24.8. The normalized spacial score (nSPS) is 11.1. The molecule has 0 bridgehead atoms. The van der Waals surface area contributed by atoms with Crippen molar-refractivity contribution in [3.63, 3.8) is 0 Å². The first-order valence-corrected chi connectivity index (χ1v) is 5.06. The van der Waals surface area contributed by atoms with Crippen LogP contribution in [0.15, 0.2) is 26.1 Å². The van der Waals surface area contributed by atoms with Gasteiger partial charge in [0, 0.05) is 0 Å². The van der Waals surface area contributed by atoms with Gasteiger partial charge in [-0.05, 0) is 18.6 Å². The molecule has 1 aromatic heterocycles. The number of ether oxygens (including phenoxy) is 1. The van der Waals surface area contributed by atoms with Gasteiger partial charge < -0.3 is 9.15 Å². The Morgan fingerprint density at radius 3 is 2.78 bits per heavy atom. The molecular formula is C11H9F2NO4. The smallest absolute Gasteiger partial charge is 0.419 e. The van der Waals surface area contributed by atoms with E-state index in [1.807, 2.05) is 0 Å². The molecule has 0 atom stereocenters. The van der Waals surface area contributed by atoms with Crippen molar-refractivity contribution in [1.82, 2.24) is 4.98 Å². The van der Waals surface area contributed by atoms with E-state index in [1.54, 1.807) is 13.0 Å². The van der Waals surface area contributed by atoms with Crippen molar-refractivity contribution in [1.29, 1.82) is 0 Å². The van der Waals surface area contributed by atoms with Crippen LogP contribution in [0.3, 0.4) is 0 Å². The summed E-state index contributed by atoms with van der Waals surface area (Å²) in [6, 6.07) is 3.04. The standard InChI is InChI=1S/C11H9F2NO4/c1-5-2-3-6-8(9(5)17-4-7(12)13)10(15)18-11(16)14-6/h2-3,7H,4H2,1H3,(H,14,16). The summed E-state index contributed by atoms with van der Waals surface area (Å²) in [7, 11) is 0. The van der Waals surface area contributed by atoms with Crippen LogP contribution in [0.25, 0.3) is 10.9 Å². The lowest BCUT2D eigenvalue weighted by Crippen LogP contribution is -2.17. The monoisotopic (exact) mass is 257 g/mol. The van der Waals surface area contributed by atoms with Gasteiger partial charge in [0.25, 0.3) is 6.43 Å². The fourth-order valence-corrected chi connectivity index (χ4v) is 1.60. The number of fused-ring (bicyclic) bond motifs is 1. The van der Waals surface area contributed by atoms with Gasteiger partial charge in [0.2, 0.25) is 0 Å². The number of benzene rings is 1. The van der Waals surface area contributed by atoms with E-state index in [0.717, 1.165) is 0 Å². The molecule has 0 aliphatic heterocycles. The van der Waals surface area contributed by atoms with Gasteiger partial charge >= 0.3 is 11.4 Å². The van der Waals surface area contributed by atoms with E-state index in [2.05, 4.69) is 9.40 Å². The summed E-state index contributed by atoms with van der Waals surface area (Å²) in [5, 5.41) is -0.0461. The first-order chi connectivity index (χ1) is 8.49. The summed E-state index contributed by atoms with van der Waals surface area (Å²) in [5.41, 5.74) is -0.227. The summed E-state index contributed by atoms with van der Waals surface area (Å²) in [6.07, 6.45) is -2.66. The molecule has 18 heavy (non-hydrogen) atoms. The van der Waals surface area contributed by atoms with Crippen molar-refractivity contribution < 1.29 is 17.9 Å². The van der Waals surface area contributed by atoms with Crippen LogP contribution in [-0.4, -0.2) is 18.0 Å². The molecule has 0 saturated heterocycles. The van der Waals surface area contributed by atoms with E-state index in [9.17, 15) is 18.4 Å². The van der Waals surface area contributed by atoms with Gasteiger partial charge in [0.05, 0.1) is 5.52 Å². The van der Waals surface area contributed by atoms with Crippen molar-refractivity contribution in [2.24, 2.45) is 0 Å². The predicted molar refractivity (Wildman–Crippen MR) is 59.3 cm³/mol. The van der Waals surface area contributed by atoms with Crippen LogP contribution in [0.1, 0.15) is 5.56 Å². The molecule has 0 spiro atoms. The Labute approximate surface area is 99.0 Å². The minimum Gasteiger partial charge on any atom is -0.486 e. The molecule has 0 fully saturated rings. The van der Waals surface area contributed by atoms with Crippen LogP contribution < -0.4 is 16.1 Å². The lowest BCUT2D eigenvalue weighted by atomic mass is 10.1. The maximum absolute atomic E-state index is 12.1. The van der Waals surface area contributed by atoms with Gasteiger partial charge in [0.1, 0.15) is 17.7 Å². The van der Waals surface area contributed by atoms with Crippen molar-refractivity contribution in [2.75, 3.05) is 6.61 Å². The lowest BCUT2D eigenvalue weighted by Gasteiger charge is -2.10. The van der Waals surface area contributed by atoms with E-state index < -0.39 is 24.4 Å². The molecule has 0 radical (unpaired) electrons. The topological polar surface area (TPSA) is 72.3 Å². The molecule has 0 aliphatic rings. The molecule has 1 aromatic carbocycles. The molecule has 7 heteroatoms. The highest BCUT2D eigenvalue weighted by Crippen LogP contribution is 2.25. The minimum absolute atomic E-state index is 0.00204. The highest BCUT2D eigenvalue weighted by Gasteiger charge is 2.14. The second kappa shape index (κ2) is 4.59. The summed E-state index contributed by atoms with van der Waals surface area (Å²) in [6.45, 7) is 0.767. The van der Waals surface area contributed by atoms with Gasteiger partial charge in [0.15, 0.2) is 0 Å². The van der Waals surface area contributed by atoms with Gasteiger partial charge in [-0.25, -0.2) is 18.4 Å². The zero-order valence-corrected chi connectivity index (χ0v) is 9.33. The van der Waals surface area contributed by atoms with Gasteiger partial charge in [-0.15, -0.1) is 0 Å². The maximum Gasteiger partial charge on any atom is 0.419 e. The minimum atomic E-state index is -2.66. The van der Waals surface area contributed by atoms with Gasteiger partial charge in [-0.1, -0.05) is 6.07 Å². The number of H-pyrrole nitrogens is 1. The average molecular weight is 257 g/mol. The lowest BCUT2D eigenvalue weighted by molar-refractivity contribution is 0.0822. The first-order valence-electron chi connectivity index (χ1n) is 5.06. The van der Waals surface area contributed by atoms with Crippen LogP contribution in [0.4, 0.5) is 8.78 Å². The highest BCUT2D eigenvalue weighted by atomic mass is 19.3. The van der Waals surface area contributed by atoms with Crippen molar-refractivity contribution >= 4 is 10.9 Å². The third kappa shape index (κ3) is 2.24. The van der Waals surface area contributed by atoms with E-state index in [-0.39, 0.29) is 16.7 Å². The fourth-order valence-electron chi connectivity index (χ4n) is 1.60. The Hall–Kier alpha value is -2.18. The molecular weight excluding hydrogens is 248 g/mol. The van der Waals surface area contributed by atoms with E-state index in [1.165, 1.54) is 6.07 Å². The molecule has 0 amide bonds. The van der Waals surface area contributed by atoms with Crippen molar-refractivity contribution in [3.05, 3.63) is 38.7 Å². The molecule has 5 nitrogen and oxygen atoms in total. The van der Waals surface area contributed by atoms with Crippen LogP contribution >= 0.6 is 0 Å². The largest absolute Gasteiger partial charge is 0.486 e. The second-order valence-electron chi connectivity index (χ2n) is 3.64. The van der Waals surface area contributed by atoms with Gasteiger partial charge in [-0.2, -0.15) is 0 Å². The maximum atomic E-state index is 12.1. The summed E-state index contributed by atoms with van der Waals surface area (Å²) >= 11 is 0. The number of hydrogen-bond donors (Lipinski definition) is 1. The third-order valence-electron chi connectivity index (χ3n) is 2.33. The number of nitrogens with one attached hydrogen (secondary N) is 1. The number of aromatic nitrogens is 1. The second-order valence-corrected chi connectivity index (χ2v) is 3.64. The Bertz CT molecular complexity index is 689. The molecule has 1 heterocycles. The summed E-state index contributed by atoms with van der Waals surface area (Å²) < 4.78 is 33.5. The third-order valence-corrected chi connectivity index (χ3v) is 2.33. The Kier molecular flexibility index (Phi) is 3.14.